The van der Waals surface area contributed by atoms with Crippen molar-refractivity contribution >= 4 is 40.8 Å². The van der Waals surface area contributed by atoms with Gasteiger partial charge in [-0.3, -0.25) is 4.79 Å². The van der Waals surface area contributed by atoms with E-state index in [1.54, 1.807) is 11.8 Å². The lowest BCUT2D eigenvalue weighted by Gasteiger charge is -1.99. The lowest BCUT2D eigenvalue weighted by atomic mass is 10.3. The van der Waals surface area contributed by atoms with Crippen LogP contribution in [0.3, 0.4) is 0 Å². The smallest absolute Gasteiger partial charge is 0.309 e. The third kappa shape index (κ3) is 5.26. The molecule has 2 rings (SSSR count). The molecule has 1 heterocycles. The van der Waals surface area contributed by atoms with E-state index in [0.29, 0.717) is 5.69 Å². The van der Waals surface area contributed by atoms with Gasteiger partial charge in [0, 0.05) is 21.8 Å². The Kier molecular flexibility index (Phi) is 5.75. The predicted molar refractivity (Wildman–Crippen MR) is 81.3 cm³/mol. The molecule has 2 aromatic rings. The van der Waals surface area contributed by atoms with Gasteiger partial charge in [-0.25, -0.2) is 4.98 Å². The van der Waals surface area contributed by atoms with Crippen LogP contribution < -0.4 is 0 Å². The second-order valence-corrected chi connectivity index (χ2v) is 7.05. The SMILES string of the molecule is O=C(O)Cc1csc(SCCSc2ccccc2)n1. The molecule has 1 N–H and O–H groups in total. The number of nitrogens with zero attached hydrogens (tertiary/aromatic N) is 1. The van der Waals surface area contributed by atoms with Crippen LogP contribution in [-0.4, -0.2) is 27.6 Å². The Balaban J connectivity index is 1.71. The molecule has 0 fully saturated rings. The summed E-state index contributed by atoms with van der Waals surface area (Å²) < 4.78 is 0.949. The van der Waals surface area contributed by atoms with Gasteiger partial charge in [0.15, 0.2) is 0 Å². The number of thiazole rings is 1. The van der Waals surface area contributed by atoms with E-state index >= 15 is 0 Å². The van der Waals surface area contributed by atoms with Gasteiger partial charge in [0.05, 0.1) is 12.1 Å². The van der Waals surface area contributed by atoms with Crippen molar-refractivity contribution in [2.75, 3.05) is 11.5 Å². The number of rotatable bonds is 7. The van der Waals surface area contributed by atoms with Gasteiger partial charge in [-0.15, -0.1) is 23.1 Å². The fourth-order valence-electron chi connectivity index (χ4n) is 1.40. The van der Waals surface area contributed by atoms with Crippen LogP contribution in [0.2, 0.25) is 0 Å². The zero-order chi connectivity index (χ0) is 13.5. The molecular formula is C13H13NO2S3. The highest BCUT2D eigenvalue weighted by Gasteiger charge is 2.06. The van der Waals surface area contributed by atoms with Crippen LogP contribution in [0.15, 0.2) is 44.9 Å². The molecule has 1 aromatic carbocycles. The molecular weight excluding hydrogens is 298 g/mol. The molecule has 0 bridgehead atoms. The summed E-state index contributed by atoms with van der Waals surface area (Å²) in [5, 5.41) is 10.5. The van der Waals surface area contributed by atoms with E-state index in [0.717, 1.165) is 15.8 Å². The Labute approximate surface area is 124 Å². The third-order valence-corrected chi connectivity index (χ3v) is 5.53. The van der Waals surface area contributed by atoms with Gasteiger partial charge in [-0.2, -0.15) is 0 Å². The second kappa shape index (κ2) is 7.57. The first kappa shape index (κ1) is 14.4. The summed E-state index contributed by atoms with van der Waals surface area (Å²) in [6.45, 7) is 0. The van der Waals surface area contributed by atoms with Gasteiger partial charge in [-0.05, 0) is 12.1 Å². The average molecular weight is 311 g/mol. The molecule has 0 unspecified atom stereocenters. The largest absolute Gasteiger partial charge is 0.481 e. The Morgan fingerprint density at radius 2 is 1.95 bits per heavy atom. The van der Waals surface area contributed by atoms with Crippen LogP contribution in [0.4, 0.5) is 0 Å². The molecule has 100 valence electrons. The summed E-state index contributed by atoms with van der Waals surface area (Å²) in [5.41, 5.74) is 0.649. The number of hydrogen-bond acceptors (Lipinski definition) is 5. The van der Waals surface area contributed by atoms with E-state index in [2.05, 4.69) is 17.1 Å². The first-order valence-corrected chi connectivity index (χ1v) is 8.56. The number of aromatic nitrogens is 1. The van der Waals surface area contributed by atoms with Gasteiger partial charge in [0.1, 0.15) is 4.34 Å². The van der Waals surface area contributed by atoms with E-state index < -0.39 is 5.97 Å². The highest BCUT2D eigenvalue weighted by Crippen LogP contribution is 2.25. The Morgan fingerprint density at radius 1 is 1.21 bits per heavy atom. The summed E-state index contributed by atoms with van der Waals surface area (Å²) in [4.78, 5) is 16.1. The van der Waals surface area contributed by atoms with Crippen LogP contribution in [0, 0.1) is 0 Å². The number of carbonyl (C=O) groups is 1. The summed E-state index contributed by atoms with van der Waals surface area (Å²) in [6.07, 6.45) is 0.00975. The van der Waals surface area contributed by atoms with Gasteiger partial charge in [-0.1, -0.05) is 30.0 Å². The van der Waals surface area contributed by atoms with Gasteiger partial charge < -0.3 is 5.11 Å². The molecule has 1 aromatic heterocycles. The maximum Gasteiger partial charge on any atom is 0.309 e. The normalized spacial score (nSPS) is 10.5. The zero-order valence-corrected chi connectivity index (χ0v) is 12.6. The Morgan fingerprint density at radius 3 is 2.68 bits per heavy atom. The lowest BCUT2D eigenvalue weighted by molar-refractivity contribution is -0.136. The number of carboxylic acids is 1. The molecule has 0 spiro atoms. The summed E-state index contributed by atoms with van der Waals surface area (Å²) in [7, 11) is 0. The van der Waals surface area contributed by atoms with E-state index in [-0.39, 0.29) is 6.42 Å². The molecule has 0 aliphatic heterocycles. The van der Waals surface area contributed by atoms with Crippen molar-refractivity contribution in [2.45, 2.75) is 15.7 Å². The number of benzene rings is 1. The van der Waals surface area contributed by atoms with Crippen LogP contribution >= 0.6 is 34.9 Å². The van der Waals surface area contributed by atoms with Crippen molar-refractivity contribution in [2.24, 2.45) is 0 Å². The molecule has 3 nitrogen and oxygen atoms in total. The quantitative estimate of drug-likeness (QED) is 0.625. The molecule has 19 heavy (non-hydrogen) atoms. The van der Waals surface area contributed by atoms with Gasteiger partial charge >= 0.3 is 5.97 Å². The van der Waals surface area contributed by atoms with E-state index in [1.807, 2.05) is 35.3 Å². The van der Waals surface area contributed by atoms with Gasteiger partial charge in [0.2, 0.25) is 0 Å². The summed E-state index contributed by atoms with van der Waals surface area (Å²) in [6, 6.07) is 10.3. The topological polar surface area (TPSA) is 50.2 Å². The van der Waals surface area contributed by atoms with E-state index in [1.165, 1.54) is 16.2 Å². The fourth-order valence-corrected chi connectivity index (χ4v) is 4.21. The van der Waals surface area contributed by atoms with Crippen molar-refractivity contribution in [3.8, 4) is 0 Å². The number of thioether (sulfide) groups is 2. The van der Waals surface area contributed by atoms with E-state index in [9.17, 15) is 4.79 Å². The molecule has 0 aliphatic carbocycles. The summed E-state index contributed by atoms with van der Waals surface area (Å²) >= 11 is 5.02. The molecule has 6 heteroatoms. The van der Waals surface area contributed by atoms with Crippen molar-refractivity contribution in [1.29, 1.82) is 0 Å². The standard InChI is InChI=1S/C13H13NO2S3/c15-12(16)8-10-9-19-13(14-10)18-7-6-17-11-4-2-1-3-5-11/h1-5,9H,6-8H2,(H,15,16). The number of hydrogen-bond donors (Lipinski definition) is 1. The highest BCUT2D eigenvalue weighted by molar-refractivity contribution is 8.03. The first-order valence-electron chi connectivity index (χ1n) is 5.71. The molecule has 0 aliphatic rings. The molecule has 0 atom stereocenters. The summed E-state index contributed by atoms with van der Waals surface area (Å²) in [5.74, 6) is 1.16. The van der Waals surface area contributed by atoms with Crippen molar-refractivity contribution in [3.63, 3.8) is 0 Å². The minimum absolute atomic E-state index is 0.00975. The lowest BCUT2D eigenvalue weighted by Crippen LogP contribution is -1.99. The maximum atomic E-state index is 10.5. The minimum Gasteiger partial charge on any atom is -0.481 e. The predicted octanol–water partition coefficient (Wildman–Crippen LogP) is 3.65. The highest BCUT2D eigenvalue weighted by atomic mass is 32.2. The monoisotopic (exact) mass is 311 g/mol. The van der Waals surface area contributed by atoms with Crippen molar-refractivity contribution < 1.29 is 9.90 Å². The Hall–Kier alpha value is -0.980. The fraction of sp³-hybridized carbons (Fsp3) is 0.231. The second-order valence-electron chi connectivity index (χ2n) is 3.69. The van der Waals surface area contributed by atoms with Crippen LogP contribution in [-0.2, 0) is 11.2 Å². The molecule has 0 saturated carbocycles. The zero-order valence-electron chi connectivity index (χ0n) is 10.1. The van der Waals surface area contributed by atoms with E-state index in [4.69, 9.17) is 5.11 Å². The molecule has 0 radical (unpaired) electrons. The van der Waals surface area contributed by atoms with Crippen LogP contribution in [0.5, 0.6) is 0 Å². The number of carboxylic acid groups (broad SMARTS) is 1. The van der Waals surface area contributed by atoms with Crippen molar-refractivity contribution in [1.82, 2.24) is 4.98 Å². The Bertz CT molecular complexity index is 528. The van der Waals surface area contributed by atoms with Crippen molar-refractivity contribution in [3.05, 3.63) is 41.4 Å². The molecule has 0 amide bonds. The minimum atomic E-state index is -0.832. The van der Waals surface area contributed by atoms with Crippen LogP contribution in [0.25, 0.3) is 0 Å². The maximum absolute atomic E-state index is 10.5. The van der Waals surface area contributed by atoms with Crippen LogP contribution in [0.1, 0.15) is 5.69 Å². The molecule has 0 saturated heterocycles. The average Bonchev–Trinajstić information content (AvgIpc) is 2.83. The van der Waals surface area contributed by atoms with Gasteiger partial charge in [0.25, 0.3) is 0 Å². The third-order valence-electron chi connectivity index (χ3n) is 2.18. The first-order chi connectivity index (χ1) is 9.24. The number of aliphatic carboxylic acids is 1.